The smallest absolute Gasteiger partial charge is 0.465 e. The summed E-state index contributed by atoms with van der Waals surface area (Å²) in [5.74, 6) is -0.403. The first-order valence-electron chi connectivity index (χ1n) is 9.38. The standard InChI is InChI=1S/C19H27BFN3O4/c1-18(2)19(3,4)28-20(27-18)12-9-10-13(21)16-15(12)14(24(6)22-16)8-7-11-23(5)17(25)26/h9-10H,7-8,11H2,1-6H3,(H,25,26). The molecule has 9 heteroatoms. The Morgan fingerprint density at radius 3 is 2.46 bits per heavy atom. The van der Waals surface area contributed by atoms with E-state index in [2.05, 4.69) is 5.10 Å². The first-order valence-corrected chi connectivity index (χ1v) is 9.38. The van der Waals surface area contributed by atoms with Gasteiger partial charge >= 0.3 is 13.2 Å². The molecule has 2 aromatic rings. The maximum Gasteiger partial charge on any atom is 0.495 e. The van der Waals surface area contributed by atoms with Crippen molar-refractivity contribution in [1.82, 2.24) is 14.7 Å². The van der Waals surface area contributed by atoms with Gasteiger partial charge in [-0.3, -0.25) is 4.68 Å². The second-order valence-electron chi connectivity index (χ2n) is 8.33. The van der Waals surface area contributed by atoms with Gasteiger partial charge in [-0.2, -0.15) is 5.10 Å². The summed E-state index contributed by atoms with van der Waals surface area (Å²) in [7, 11) is 2.67. The zero-order valence-corrected chi connectivity index (χ0v) is 17.2. The number of carbonyl (C=O) groups is 1. The maximum atomic E-state index is 14.5. The maximum absolute atomic E-state index is 14.5. The van der Waals surface area contributed by atoms with Crippen molar-refractivity contribution in [3.63, 3.8) is 0 Å². The van der Waals surface area contributed by atoms with Crippen molar-refractivity contribution in [3.8, 4) is 0 Å². The van der Waals surface area contributed by atoms with Crippen molar-refractivity contribution in [3.05, 3.63) is 23.6 Å². The number of fused-ring (bicyclic) bond motifs is 1. The van der Waals surface area contributed by atoms with E-state index in [0.29, 0.717) is 24.8 Å². The van der Waals surface area contributed by atoms with Crippen LogP contribution in [0.3, 0.4) is 0 Å². The van der Waals surface area contributed by atoms with Crippen LogP contribution < -0.4 is 5.46 Å². The second-order valence-corrected chi connectivity index (χ2v) is 8.33. The molecule has 3 rings (SSSR count). The van der Waals surface area contributed by atoms with Crippen LogP contribution in [0.4, 0.5) is 9.18 Å². The minimum atomic E-state index is -0.973. The molecule has 1 aliphatic heterocycles. The fourth-order valence-electron chi connectivity index (χ4n) is 3.39. The molecule has 1 saturated heterocycles. The molecule has 1 aliphatic rings. The summed E-state index contributed by atoms with van der Waals surface area (Å²) >= 11 is 0. The molecule has 0 unspecified atom stereocenters. The number of halogens is 1. The van der Waals surface area contributed by atoms with Crippen LogP contribution in [-0.4, -0.2) is 57.8 Å². The molecule has 28 heavy (non-hydrogen) atoms. The normalized spacial score (nSPS) is 18.0. The number of rotatable bonds is 5. The van der Waals surface area contributed by atoms with Crippen LogP contribution in [0.2, 0.25) is 0 Å². The van der Waals surface area contributed by atoms with Crippen molar-refractivity contribution in [2.45, 2.75) is 51.7 Å². The highest BCUT2D eigenvalue weighted by atomic mass is 19.1. The Bertz CT molecular complexity index is 896. The summed E-state index contributed by atoms with van der Waals surface area (Å²) in [5, 5.41) is 14.0. The van der Waals surface area contributed by atoms with Crippen LogP contribution in [0, 0.1) is 5.82 Å². The molecule has 1 aromatic carbocycles. The first kappa shape index (κ1) is 20.6. The van der Waals surface area contributed by atoms with E-state index < -0.39 is 30.2 Å². The van der Waals surface area contributed by atoms with E-state index in [4.69, 9.17) is 14.4 Å². The lowest BCUT2D eigenvalue weighted by Crippen LogP contribution is -2.41. The van der Waals surface area contributed by atoms with Gasteiger partial charge in [-0.15, -0.1) is 0 Å². The first-order chi connectivity index (χ1) is 12.9. The second kappa shape index (κ2) is 7.04. The van der Waals surface area contributed by atoms with Gasteiger partial charge in [0.05, 0.1) is 11.2 Å². The molecule has 1 N–H and O–H groups in total. The average Bonchev–Trinajstić information content (AvgIpc) is 3.02. The van der Waals surface area contributed by atoms with Crippen molar-refractivity contribution in [1.29, 1.82) is 0 Å². The van der Waals surface area contributed by atoms with Gasteiger partial charge < -0.3 is 19.3 Å². The van der Waals surface area contributed by atoms with Gasteiger partial charge in [0.2, 0.25) is 0 Å². The number of hydrogen-bond donors (Lipinski definition) is 1. The van der Waals surface area contributed by atoms with Crippen LogP contribution in [0.25, 0.3) is 10.9 Å². The van der Waals surface area contributed by atoms with Crippen LogP contribution in [0.15, 0.2) is 12.1 Å². The van der Waals surface area contributed by atoms with Gasteiger partial charge in [0.1, 0.15) is 5.52 Å². The van der Waals surface area contributed by atoms with Gasteiger partial charge in [-0.1, -0.05) is 6.07 Å². The fourth-order valence-corrected chi connectivity index (χ4v) is 3.39. The van der Waals surface area contributed by atoms with Gasteiger partial charge in [0.15, 0.2) is 5.82 Å². The number of carboxylic acid groups (broad SMARTS) is 1. The predicted octanol–water partition coefficient (Wildman–Crippen LogP) is 2.55. The van der Waals surface area contributed by atoms with Crippen LogP contribution in [0.1, 0.15) is 39.8 Å². The third-order valence-electron chi connectivity index (χ3n) is 5.83. The van der Waals surface area contributed by atoms with E-state index in [9.17, 15) is 9.18 Å². The van der Waals surface area contributed by atoms with E-state index in [0.717, 1.165) is 11.2 Å². The summed E-state index contributed by atoms with van der Waals surface area (Å²) < 4.78 is 28.5. The number of aryl methyl sites for hydroxylation is 2. The Labute approximate surface area is 164 Å². The molecule has 1 aromatic heterocycles. The molecule has 0 atom stereocenters. The molecule has 0 bridgehead atoms. The Hall–Kier alpha value is -2.13. The molecule has 0 spiro atoms. The molecule has 7 nitrogen and oxygen atoms in total. The third-order valence-corrected chi connectivity index (χ3v) is 5.83. The zero-order valence-electron chi connectivity index (χ0n) is 17.2. The summed E-state index contributed by atoms with van der Waals surface area (Å²) in [4.78, 5) is 12.2. The summed E-state index contributed by atoms with van der Waals surface area (Å²) in [5.41, 5.74) is 0.828. The van der Waals surface area contributed by atoms with E-state index in [-0.39, 0.29) is 5.52 Å². The monoisotopic (exact) mass is 391 g/mol. The minimum absolute atomic E-state index is 0.274. The van der Waals surface area contributed by atoms with Crippen LogP contribution in [-0.2, 0) is 22.8 Å². The lowest BCUT2D eigenvalue weighted by atomic mass is 9.76. The molecular formula is C19H27BFN3O4. The average molecular weight is 391 g/mol. The summed E-state index contributed by atoms with van der Waals surface area (Å²) in [6.07, 6.45) is 0.177. The molecular weight excluding hydrogens is 364 g/mol. The highest BCUT2D eigenvalue weighted by molar-refractivity contribution is 6.65. The van der Waals surface area contributed by atoms with E-state index in [1.54, 1.807) is 17.8 Å². The molecule has 0 aliphatic carbocycles. The molecule has 1 fully saturated rings. The molecule has 0 radical (unpaired) electrons. The SMILES string of the molecule is CN(CCCc1c2c(B3OC(C)(C)C(C)(C)O3)ccc(F)c2nn1C)C(=O)O. The van der Waals surface area contributed by atoms with Gasteiger partial charge in [-0.05, 0) is 52.1 Å². The van der Waals surface area contributed by atoms with E-state index >= 15 is 0 Å². The topological polar surface area (TPSA) is 76.8 Å². The lowest BCUT2D eigenvalue weighted by molar-refractivity contribution is 0.00578. The summed E-state index contributed by atoms with van der Waals surface area (Å²) in [6.45, 7) is 8.27. The van der Waals surface area contributed by atoms with E-state index in [1.165, 1.54) is 18.0 Å². The van der Waals surface area contributed by atoms with Crippen molar-refractivity contribution in [2.24, 2.45) is 7.05 Å². The lowest BCUT2D eigenvalue weighted by Gasteiger charge is -2.32. The number of nitrogens with zero attached hydrogens (tertiary/aromatic N) is 3. The van der Waals surface area contributed by atoms with E-state index in [1.807, 2.05) is 27.7 Å². The Balaban J connectivity index is 1.98. The Morgan fingerprint density at radius 1 is 1.29 bits per heavy atom. The largest absolute Gasteiger partial charge is 0.495 e. The van der Waals surface area contributed by atoms with Crippen LogP contribution in [0.5, 0.6) is 0 Å². The zero-order chi connectivity index (χ0) is 20.9. The van der Waals surface area contributed by atoms with Gasteiger partial charge in [0, 0.05) is 31.7 Å². The minimum Gasteiger partial charge on any atom is -0.465 e. The molecule has 2 heterocycles. The third kappa shape index (κ3) is 3.48. The summed E-state index contributed by atoms with van der Waals surface area (Å²) in [6, 6.07) is 3.08. The number of amides is 1. The molecule has 1 amide bonds. The quantitative estimate of drug-likeness (QED) is 0.793. The van der Waals surface area contributed by atoms with Crippen LogP contribution >= 0.6 is 0 Å². The van der Waals surface area contributed by atoms with Gasteiger partial charge in [0.25, 0.3) is 0 Å². The van der Waals surface area contributed by atoms with Crippen molar-refractivity contribution in [2.75, 3.05) is 13.6 Å². The highest BCUT2D eigenvalue weighted by Gasteiger charge is 2.52. The Kier molecular flexibility index (Phi) is 5.18. The predicted molar refractivity (Wildman–Crippen MR) is 105 cm³/mol. The van der Waals surface area contributed by atoms with Gasteiger partial charge in [-0.25, -0.2) is 9.18 Å². The number of benzene rings is 1. The van der Waals surface area contributed by atoms with Crippen molar-refractivity contribution < 1.29 is 23.6 Å². The number of aromatic nitrogens is 2. The number of hydrogen-bond acceptors (Lipinski definition) is 4. The Morgan fingerprint density at radius 2 is 1.89 bits per heavy atom. The highest BCUT2D eigenvalue weighted by Crippen LogP contribution is 2.37. The molecule has 0 saturated carbocycles. The molecule has 152 valence electrons. The fraction of sp³-hybridized carbons (Fsp3) is 0.579. The van der Waals surface area contributed by atoms with Crippen molar-refractivity contribution >= 4 is 29.6 Å².